The number of nitrogens with zero attached hydrogens (tertiary/aromatic N) is 5. The van der Waals surface area contributed by atoms with E-state index in [2.05, 4.69) is 25.3 Å². The molecule has 1 aliphatic rings. The Bertz CT molecular complexity index is 788. The Morgan fingerprint density at radius 3 is 2.82 bits per heavy atom. The van der Waals surface area contributed by atoms with E-state index in [-0.39, 0.29) is 30.5 Å². The number of nitrogens with one attached hydrogen (secondary N) is 1. The van der Waals surface area contributed by atoms with Gasteiger partial charge in [-0.15, -0.1) is 35.3 Å². The van der Waals surface area contributed by atoms with Crippen LogP contribution in [0.15, 0.2) is 22.8 Å². The van der Waals surface area contributed by atoms with Crippen molar-refractivity contribution in [3.05, 3.63) is 34.0 Å². The first kappa shape index (κ1) is 22.9. The van der Waals surface area contributed by atoms with Crippen molar-refractivity contribution in [2.75, 3.05) is 19.6 Å². The van der Waals surface area contributed by atoms with Crippen molar-refractivity contribution in [2.24, 2.45) is 18.0 Å². The first-order chi connectivity index (χ1) is 12.8. The Morgan fingerprint density at radius 2 is 2.21 bits per heavy atom. The van der Waals surface area contributed by atoms with E-state index in [1.54, 1.807) is 4.68 Å². The molecule has 0 spiro atoms. The lowest BCUT2D eigenvalue weighted by Gasteiger charge is -2.21. The molecule has 0 aromatic carbocycles. The minimum Gasteiger partial charge on any atom is -0.357 e. The molecule has 156 valence electrons. The molecule has 3 rings (SSSR count). The molecule has 11 heteroatoms. The van der Waals surface area contributed by atoms with Crippen molar-refractivity contribution in [1.82, 2.24) is 25.0 Å². The van der Waals surface area contributed by atoms with Crippen LogP contribution in [0.5, 0.6) is 0 Å². The normalized spacial score (nSPS) is 17.7. The lowest BCUT2D eigenvalue weighted by Crippen LogP contribution is -2.40. The molecule has 3 heterocycles. The van der Waals surface area contributed by atoms with Crippen LogP contribution < -0.4 is 5.32 Å². The van der Waals surface area contributed by atoms with Gasteiger partial charge in [-0.25, -0.2) is 9.98 Å². The predicted octanol–water partition coefficient (Wildman–Crippen LogP) is 3.54. The highest BCUT2D eigenvalue weighted by Crippen LogP contribution is 2.30. The molecule has 1 fully saturated rings. The van der Waals surface area contributed by atoms with Crippen LogP contribution in [0.2, 0.25) is 0 Å². The summed E-state index contributed by atoms with van der Waals surface area (Å²) < 4.78 is 39.8. The summed E-state index contributed by atoms with van der Waals surface area (Å²) in [4.78, 5) is 10.3. The lowest BCUT2D eigenvalue weighted by atomic mass is 10.0. The number of halogens is 4. The first-order valence-electron chi connectivity index (χ1n) is 8.87. The van der Waals surface area contributed by atoms with Gasteiger partial charge < -0.3 is 10.2 Å². The quantitative estimate of drug-likeness (QED) is 0.367. The van der Waals surface area contributed by atoms with E-state index in [0.717, 1.165) is 48.6 Å². The molecule has 2 aromatic rings. The van der Waals surface area contributed by atoms with Gasteiger partial charge in [-0.05, 0) is 31.2 Å². The number of aliphatic imine (C=N–C) groups is 1. The summed E-state index contributed by atoms with van der Waals surface area (Å²) in [5, 5.41) is 8.84. The Morgan fingerprint density at radius 1 is 1.43 bits per heavy atom. The number of likely N-dealkylation sites (tertiary alicyclic amines) is 1. The van der Waals surface area contributed by atoms with Crippen LogP contribution in [0.1, 0.15) is 29.6 Å². The molecule has 1 N–H and O–H groups in total. The number of guanidine groups is 1. The summed E-state index contributed by atoms with van der Waals surface area (Å²) in [6.45, 7) is 4.57. The van der Waals surface area contributed by atoms with Gasteiger partial charge in [-0.2, -0.15) is 18.3 Å². The monoisotopic (exact) mass is 528 g/mol. The number of rotatable bonds is 5. The van der Waals surface area contributed by atoms with E-state index >= 15 is 0 Å². The maximum atomic E-state index is 12.7. The van der Waals surface area contributed by atoms with Gasteiger partial charge in [-0.3, -0.25) is 4.68 Å². The SMILES string of the molecule is CCNC(=NCc1nc(C(F)(F)F)cs1)N1CCC(Cc2cnn(C)c2)C1.I. The molecule has 0 bridgehead atoms. The fourth-order valence-electron chi connectivity index (χ4n) is 3.18. The molecule has 1 aliphatic heterocycles. The van der Waals surface area contributed by atoms with E-state index in [1.807, 2.05) is 26.4 Å². The van der Waals surface area contributed by atoms with Gasteiger partial charge in [0.25, 0.3) is 0 Å². The highest BCUT2D eigenvalue weighted by atomic mass is 127. The van der Waals surface area contributed by atoms with Crippen molar-refractivity contribution in [3.63, 3.8) is 0 Å². The van der Waals surface area contributed by atoms with Crippen LogP contribution in [0, 0.1) is 5.92 Å². The minimum atomic E-state index is -4.41. The van der Waals surface area contributed by atoms with Crippen LogP contribution in [0.3, 0.4) is 0 Å². The van der Waals surface area contributed by atoms with Crippen LogP contribution in [-0.4, -0.2) is 45.3 Å². The fraction of sp³-hybridized carbons (Fsp3) is 0.588. The molecule has 0 aliphatic carbocycles. The van der Waals surface area contributed by atoms with E-state index in [4.69, 9.17) is 0 Å². The molecule has 6 nitrogen and oxygen atoms in total. The molecule has 0 saturated carbocycles. The maximum Gasteiger partial charge on any atom is 0.434 e. The van der Waals surface area contributed by atoms with Crippen molar-refractivity contribution >= 4 is 41.3 Å². The largest absolute Gasteiger partial charge is 0.434 e. The first-order valence-corrected chi connectivity index (χ1v) is 9.75. The zero-order valence-electron chi connectivity index (χ0n) is 15.7. The molecule has 1 saturated heterocycles. The van der Waals surface area contributed by atoms with E-state index in [9.17, 15) is 13.2 Å². The molecule has 1 unspecified atom stereocenters. The van der Waals surface area contributed by atoms with Gasteiger partial charge >= 0.3 is 6.18 Å². The average Bonchev–Trinajstić information content (AvgIpc) is 3.32. The van der Waals surface area contributed by atoms with Crippen LogP contribution in [0.25, 0.3) is 0 Å². The Labute approximate surface area is 183 Å². The number of hydrogen-bond acceptors (Lipinski definition) is 4. The van der Waals surface area contributed by atoms with E-state index in [1.165, 1.54) is 5.56 Å². The van der Waals surface area contributed by atoms with Gasteiger partial charge in [0.1, 0.15) is 5.01 Å². The molecule has 0 radical (unpaired) electrons. The molecule has 0 amide bonds. The molecule has 1 atom stereocenters. The maximum absolute atomic E-state index is 12.7. The minimum absolute atomic E-state index is 0. The van der Waals surface area contributed by atoms with Crippen LogP contribution >= 0.6 is 35.3 Å². The number of aromatic nitrogens is 3. The number of alkyl halides is 3. The van der Waals surface area contributed by atoms with Gasteiger partial charge in [-0.1, -0.05) is 0 Å². The molecule has 2 aromatic heterocycles. The summed E-state index contributed by atoms with van der Waals surface area (Å²) in [5.74, 6) is 1.24. The molecular weight excluding hydrogens is 504 g/mol. The highest BCUT2D eigenvalue weighted by molar-refractivity contribution is 14.0. The summed E-state index contributed by atoms with van der Waals surface area (Å²) >= 11 is 0.990. The number of thiazole rings is 1. The zero-order valence-corrected chi connectivity index (χ0v) is 18.9. The predicted molar refractivity (Wildman–Crippen MR) is 114 cm³/mol. The van der Waals surface area contributed by atoms with Crippen molar-refractivity contribution < 1.29 is 13.2 Å². The van der Waals surface area contributed by atoms with Crippen LogP contribution in [0.4, 0.5) is 13.2 Å². The zero-order chi connectivity index (χ0) is 19.4. The summed E-state index contributed by atoms with van der Waals surface area (Å²) in [7, 11) is 1.91. The third-order valence-electron chi connectivity index (χ3n) is 4.41. The lowest BCUT2D eigenvalue weighted by molar-refractivity contribution is -0.140. The smallest absolute Gasteiger partial charge is 0.357 e. The van der Waals surface area contributed by atoms with Crippen LogP contribution in [-0.2, 0) is 26.2 Å². The Balaban J connectivity index is 0.00000280. The second-order valence-corrected chi connectivity index (χ2v) is 7.56. The fourth-order valence-corrected chi connectivity index (χ4v) is 3.91. The topological polar surface area (TPSA) is 58.3 Å². The summed E-state index contributed by atoms with van der Waals surface area (Å²) in [6, 6.07) is 0. The van der Waals surface area contributed by atoms with Gasteiger partial charge in [0, 0.05) is 38.3 Å². The van der Waals surface area contributed by atoms with Crippen molar-refractivity contribution in [1.29, 1.82) is 0 Å². The second kappa shape index (κ2) is 9.90. The molecular formula is C17H24F3IN6S. The second-order valence-electron chi connectivity index (χ2n) is 6.62. The summed E-state index contributed by atoms with van der Waals surface area (Å²) in [5.41, 5.74) is 0.370. The molecule has 28 heavy (non-hydrogen) atoms. The average molecular weight is 528 g/mol. The van der Waals surface area contributed by atoms with Gasteiger partial charge in [0.2, 0.25) is 0 Å². The van der Waals surface area contributed by atoms with Gasteiger partial charge in [0.05, 0.1) is 12.7 Å². The van der Waals surface area contributed by atoms with Gasteiger partial charge in [0.15, 0.2) is 11.7 Å². The Kier molecular flexibility index (Phi) is 8.10. The highest BCUT2D eigenvalue weighted by Gasteiger charge is 2.33. The van der Waals surface area contributed by atoms with E-state index in [0.29, 0.717) is 17.5 Å². The number of aryl methyl sites for hydroxylation is 1. The third-order valence-corrected chi connectivity index (χ3v) is 5.24. The number of hydrogen-bond donors (Lipinski definition) is 1. The van der Waals surface area contributed by atoms with Crippen molar-refractivity contribution in [3.8, 4) is 0 Å². The van der Waals surface area contributed by atoms with E-state index < -0.39 is 11.9 Å². The summed E-state index contributed by atoms with van der Waals surface area (Å²) in [6.07, 6.45) is 1.53. The van der Waals surface area contributed by atoms with Crippen molar-refractivity contribution in [2.45, 2.75) is 32.5 Å². The Hall–Kier alpha value is -1.37. The third kappa shape index (κ3) is 6.06. The standard InChI is InChI=1S/C17H23F3N6S.HI/c1-3-21-16(22-8-15-24-14(11-27-15)17(18,19)20)26-5-4-12(10-26)6-13-7-23-25(2)9-13;/h7,9,11-12H,3-6,8,10H2,1-2H3,(H,21,22);1H.